The maximum atomic E-state index is 12.9. The fourth-order valence-electron chi connectivity index (χ4n) is 5.95. The highest BCUT2D eigenvalue weighted by Crippen LogP contribution is 2.47. The van der Waals surface area contributed by atoms with Gasteiger partial charge in [-0.1, -0.05) is 30.3 Å². The number of rotatable bonds is 9. The first kappa shape index (κ1) is 28.2. The van der Waals surface area contributed by atoms with Crippen LogP contribution in [0.15, 0.2) is 72.8 Å². The van der Waals surface area contributed by atoms with Crippen LogP contribution in [-0.2, 0) is 25.6 Å². The van der Waals surface area contributed by atoms with Crippen LogP contribution in [0.2, 0.25) is 0 Å². The second-order valence-corrected chi connectivity index (χ2v) is 11.1. The molecule has 2 amide bonds. The molecule has 2 saturated heterocycles. The highest BCUT2D eigenvalue weighted by Gasteiger charge is 2.46. The number of fused-ring (bicyclic) bond motifs is 3. The lowest BCUT2D eigenvalue weighted by Gasteiger charge is -2.37. The van der Waals surface area contributed by atoms with Crippen molar-refractivity contribution in [3.05, 3.63) is 83.9 Å². The van der Waals surface area contributed by atoms with E-state index < -0.39 is 6.10 Å². The number of amides is 2. The topological polar surface area (TPSA) is 115 Å². The lowest BCUT2D eigenvalue weighted by Crippen LogP contribution is -2.47. The molecule has 3 aliphatic heterocycles. The van der Waals surface area contributed by atoms with Gasteiger partial charge >= 0.3 is 0 Å². The zero-order valence-corrected chi connectivity index (χ0v) is 23.4. The summed E-state index contributed by atoms with van der Waals surface area (Å²) in [6.07, 6.45) is 0.916. The summed E-state index contributed by atoms with van der Waals surface area (Å²) in [6.45, 7) is 1.38. The molecule has 3 heterocycles. The minimum atomic E-state index is -0.550. The molecule has 6 rings (SSSR count). The maximum Gasteiger partial charge on any atom is 0.227 e. The lowest BCUT2D eigenvalue weighted by atomic mass is 9.84. The molecule has 0 saturated carbocycles. The van der Waals surface area contributed by atoms with Crippen molar-refractivity contribution in [3.8, 4) is 17.2 Å². The molecule has 9 nitrogen and oxygen atoms in total. The van der Waals surface area contributed by atoms with Crippen LogP contribution in [0.4, 0.5) is 5.69 Å². The van der Waals surface area contributed by atoms with Gasteiger partial charge in [0.1, 0.15) is 29.5 Å². The summed E-state index contributed by atoms with van der Waals surface area (Å²) in [7, 11) is 0. The van der Waals surface area contributed by atoms with Crippen molar-refractivity contribution in [1.29, 1.82) is 0 Å². The summed E-state index contributed by atoms with van der Waals surface area (Å²) in [4.78, 5) is 25.7. The quantitative estimate of drug-likeness (QED) is 0.345. The Morgan fingerprint density at radius 2 is 1.71 bits per heavy atom. The second-order valence-electron chi connectivity index (χ2n) is 11.1. The van der Waals surface area contributed by atoms with Gasteiger partial charge in [-0.25, -0.2) is 0 Å². The molecule has 3 aromatic rings. The SMILES string of the molecule is O=C(C[C@H]1C[C@@H]2c3cc(NC(=O)C4CCOCC4)ccc3O[C@@H]2[C@@H](CO)O1)NCc1ccc(Oc2ccccc2)cc1. The number of hydrogen-bond donors (Lipinski definition) is 3. The standard InChI is InChI=1S/C33H36N2O7/c36-20-30-32-28(27-16-23(8-11-29(27)42-32)35-33(38)22-12-14-39-15-13-22)17-26(41-30)18-31(37)34-19-21-6-9-25(10-7-21)40-24-4-2-1-3-5-24/h1-11,16,22,26,28,30,32,36H,12-15,17-20H2,(H,34,37)(H,35,38)/t26-,28-,30-,32+/m1/s1. The van der Waals surface area contributed by atoms with Crippen LogP contribution in [0.25, 0.3) is 0 Å². The molecule has 0 radical (unpaired) electrons. The van der Waals surface area contributed by atoms with Crippen LogP contribution in [0.3, 0.4) is 0 Å². The molecule has 42 heavy (non-hydrogen) atoms. The zero-order chi connectivity index (χ0) is 28.9. The molecule has 220 valence electrons. The summed E-state index contributed by atoms with van der Waals surface area (Å²) in [5.41, 5.74) is 2.64. The van der Waals surface area contributed by atoms with Crippen molar-refractivity contribution in [2.24, 2.45) is 5.92 Å². The summed E-state index contributed by atoms with van der Waals surface area (Å²) in [5.74, 6) is 1.98. The second kappa shape index (κ2) is 12.9. The Morgan fingerprint density at radius 3 is 2.48 bits per heavy atom. The Hall–Kier alpha value is -3.92. The number of ether oxygens (including phenoxy) is 4. The molecule has 3 N–H and O–H groups in total. The fraction of sp³-hybridized carbons (Fsp3) is 0.394. The molecule has 0 spiro atoms. The number of hydrogen-bond acceptors (Lipinski definition) is 7. The Balaban J connectivity index is 1.04. The van der Waals surface area contributed by atoms with Crippen LogP contribution in [-0.4, -0.2) is 55.1 Å². The van der Waals surface area contributed by atoms with Gasteiger partial charge in [-0.05, 0) is 67.3 Å². The number of anilines is 1. The van der Waals surface area contributed by atoms with Gasteiger partial charge in [-0.15, -0.1) is 0 Å². The number of nitrogens with one attached hydrogen (secondary N) is 2. The van der Waals surface area contributed by atoms with Gasteiger partial charge < -0.3 is 34.7 Å². The van der Waals surface area contributed by atoms with E-state index in [2.05, 4.69) is 10.6 Å². The van der Waals surface area contributed by atoms with E-state index in [4.69, 9.17) is 18.9 Å². The van der Waals surface area contributed by atoms with E-state index in [0.29, 0.717) is 26.2 Å². The molecular weight excluding hydrogens is 536 g/mol. The molecule has 0 aliphatic carbocycles. The van der Waals surface area contributed by atoms with Crippen LogP contribution in [0.1, 0.15) is 42.7 Å². The van der Waals surface area contributed by atoms with E-state index in [1.165, 1.54) is 0 Å². The average Bonchev–Trinajstić information content (AvgIpc) is 3.39. The van der Waals surface area contributed by atoms with E-state index in [-0.39, 0.29) is 48.9 Å². The third-order valence-corrected chi connectivity index (χ3v) is 8.16. The van der Waals surface area contributed by atoms with E-state index in [1.54, 1.807) is 0 Å². The Kier molecular flexibility index (Phi) is 8.69. The van der Waals surface area contributed by atoms with E-state index in [0.717, 1.165) is 46.9 Å². The number of aliphatic hydroxyl groups is 1. The largest absolute Gasteiger partial charge is 0.487 e. The molecule has 0 unspecified atom stereocenters. The summed E-state index contributed by atoms with van der Waals surface area (Å²) in [6, 6.07) is 22.8. The molecule has 2 fully saturated rings. The van der Waals surface area contributed by atoms with Crippen molar-refractivity contribution >= 4 is 17.5 Å². The lowest BCUT2D eigenvalue weighted by molar-refractivity contribution is -0.142. The molecule has 4 atom stereocenters. The van der Waals surface area contributed by atoms with Crippen molar-refractivity contribution in [3.63, 3.8) is 0 Å². The fourth-order valence-corrected chi connectivity index (χ4v) is 5.95. The van der Waals surface area contributed by atoms with Gasteiger partial charge in [-0.2, -0.15) is 0 Å². The smallest absolute Gasteiger partial charge is 0.227 e. The Morgan fingerprint density at radius 1 is 0.952 bits per heavy atom. The van der Waals surface area contributed by atoms with Crippen LogP contribution >= 0.6 is 0 Å². The predicted molar refractivity (Wildman–Crippen MR) is 156 cm³/mol. The molecule has 3 aromatic carbocycles. The minimum absolute atomic E-state index is 0.00170. The van der Waals surface area contributed by atoms with Crippen molar-refractivity contribution < 1.29 is 33.6 Å². The summed E-state index contributed by atoms with van der Waals surface area (Å²) >= 11 is 0. The zero-order valence-electron chi connectivity index (χ0n) is 23.4. The monoisotopic (exact) mass is 572 g/mol. The van der Waals surface area contributed by atoms with Gasteiger partial charge in [-0.3, -0.25) is 9.59 Å². The normalized spacial score (nSPS) is 23.3. The highest BCUT2D eigenvalue weighted by molar-refractivity contribution is 5.92. The predicted octanol–water partition coefficient (Wildman–Crippen LogP) is 4.54. The molecule has 9 heteroatoms. The number of para-hydroxylation sites is 1. The minimum Gasteiger partial charge on any atom is -0.487 e. The van der Waals surface area contributed by atoms with Gasteiger partial charge in [0.25, 0.3) is 0 Å². The summed E-state index contributed by atoms with van der Waals surface area (Å²) < 4.78 is 23.5. The number of carbonyl (C=O) groups is 2. The van der Waals surface area contributed by atoms with E-state index in [9.17, 15) is 14.7 Å². The van der Waals surface area contributed by atoms with Crippen LogP contribution in [0.5, 0.6) is 17.2 Å². The van der Waals surface area contributed by atoms with Crippen LogP contribution in [0, 0.1) is 5.92 Å². The Labute approximate surface area is 245 Å². The van der Waals surface area contributed by atoms with Gasteiger partial charge in [0, 0.05) is 42.8 Å². The molecular formula is C33H36N2O7. The van der Waals surface area contributed by atoms with E-state index >= 15 is 0 Å². The number of carbonyl (C=O) groups excluding carboxylic acids is 2. The maximum absolute atomic E-state index is 12.9. The van der Waals surface area contributed by atoms with Gasteiger partial charge in [0.2, 0.25) is 11.8 Å². The summed E-state index contributed by atoms with van der Waals surface area (Å²) in [5, 5.41) is 16.1. The van der Waals surface area contributed by atoms with Crippen molar-refractivity contribution in [2.75, 3.05) is 25.1 Å². The first-order valence-corrected chi connectivity index (χ1v) is 14.6. The highest BCUT2D eigenvalue weighted by atomic mass is 16.6. The molecule has 0 aromatic heterocycles. The van der Waals surface area contributed by atoms with Gasteiger partial charge in [0.15, 0.2) is 0 Å². The average molecular weight is 573 g/mol. The molecule has 3 aliphatic rings. The Bertz CT molecular complexity index is 1370. The first-order chi connectivity index (χ1) is 20.6. The third-order valence-electron chi connectivity index (χ3n) is 8.16. The molecule has 0 bridgehead atoms. The van der Waals surface area contributed by atoms with Gasteiger partial charge in [0.05, 0.1) is 19.1 Å². The third kappa shape index (κ3) is 6.59. The number of benzene rings is 3. The van der Waals surface area contributed by atoms with Crippen molar-refractivity contribution in [2.45, 2.75) is 56.5 Å². The first-order valence-electron chi connectivity index (χ1n) is 14.6. The van der Waals surface area contributed by atoms with Crippen molar-refractivity contribution in [1.82, 2.24) is 5.32 Å². The van der Waals surface area contributed by atoms with Crippen LogP contribution < -0.4 is 20.1 Å². The number of aliphatic hydroxyl groups excluding tert-OH is 1. The van der Waals surface area contributed by atoms with E-state index in [1.807, 2.05) is 72.8 Å².